The Balaban J connectivity index is 2.36. The molecule has 0 saturated heterocycles. The fourth-order valence-corrected chi connectivity index (χ4v) is 4.16. The van der Waals surface area contributed by atoms with Crippen molar-refractivity contribution in [2.24, 2.45) is 0 Å². The number of hydrogen-bond donors (Lipinski definition) is 2. The van der Waals surface area contributed by atoms with E-state index in [4.69, 9.17) is 0 Å². The monoisotopic (exact) mass is 315 g/mol. The predicted octanol–water partition coefficient (Wildman–Crippen LogP) is 2.28. The molecule has 2 N–H and O–H groups in total. The number of aliphatic carboxylic acids is 1. The molecule has 0 amide bonds. The van der Waals surface area contributed by atoms with Crippen LogP contribution in [0.25, 0.3) is 0 Å². The van der Waals surface area contributed by atoms with Gasteiger partial charge in [0.1, 0.15) is 16.3 Å². The quantitative estimate of drug-likeness (QED) is 0.835. The molecule has 1 aliphatic carbocycles. The van der Waals surface area contributed by atoms with Gasteiger partial charge in [-0.1, -0.05) is 37.8 Å². The second-order valence-corrected chi connectivity index (χ2v) is 6.99. The van der Waals surface area contributed by atoms with Crippen molar-refractivity contribution in [1.29, 1.82) is 0 Å². The summed E-state index contributed by atoms with van der Waals surface area (Å²) in [6.45, 7) is 0. The normalized spacial score (nSPS) is 18.9. The number of sulfonamides is 1. The maximum Gasteiger partial charge on any atom is 0.324 e. The van der Waals surface area contributed by atoms with E-state index < -0.39 is 32.2 Å². The van der Waals surface area contributed by atoms with Gasteiger partial charge in [-0.15, -0.1) is 0 Å². The fourth-order valence-electron chi connectivity index (χ4n) is 2.67. The van der Waals surface area contributed by atoms with Crippen molar-refractivity contribution in [3.05, 3.63) is 30.1 Å². The van der Waals surface area contributed by atoms with Crippen LogP contribution in [-0.2, 0) is 14.8 Å². The van der Waals surface area contributed by atoms with E-state index in [1.54, 1.807) is 0 Å². The second-order valence-electron chi connectivity index (χ2n) is 5.34. The lowest BCUT2D eigenvalue weighted by atomic mass is 9.92. The van der Waals surface area contributed by atoms with Gasteiger partial charge in [-0.25, -0.2) is 12.8 Å². The van der Waals surface area contributed by atoms with Crippen molar-refractivity contribution < 1.29 is 22.7 Å². The first-order valence-corrected chi connectivity index (χ1v) is 8.38. The first-order valence-electron chi connectivity index (χ1n) is 6.89. The molecule has 0 atom stereocenters. The summed E-state index contributed by atoms with van der Waals surface area (Å²) < 4.78 is 40.6. The van der Waals surface area contributed by atoms with Crippen LogP contribution < -0.4 is 4.72 Å². The molecule has 0 bridgehead atoms. The molecule has 5 nitrogen and oxygen atoms in total. The first kappa shape index (κ1) is 15.9. The molecule has 1 saturated carbocycles. The lowest BCUT2D eigenvalue weighted by Gasteiger charge is -2.29. The SMILES string of the molecule is O=C(O)C1(NS(=O)(=O)c2ccccc2F)CCCCCC1. The van der Waals surface area contributed by atoms with Crippen LogP contribution >= 0.6 is 0 Å². The number of benzene rings is 1. The summed E-state index contributed by atoms with van der Waals surface area (Å²) in [7, 11) is -4.22. The Morgan fingerprint density at radius 1 is 1.14 bits per heavy atom. The Kier molecular flexibility index (Phi) is 4.63. The molecule has 0 aliphatic heterocycles. The fraction of sp³-hybridized carbons (Fsp3) is 0.500. The molecule has 1 aromatic rings. The summed E-state index contributed by atoms with van der Waals surface area (Å²) in [5.74, 6) is -2.09. The van der Waals surface area contributed by atoms with Crippen LogP contribution in [0.2, 0.25) is 0 Å². The second kappa shape index (κ2) is 6.11. The van der Waals surface area contributed by atoms with Gasteiger partial charge in [0.05, 0.1) is 0 Å². The number of carboxylic acid groups (broad SMARTS) is 1. The average Bonchev–Trinajstić information content (AvgIpc) is 2.65. The van der Waals surface area contributed by atoms with Crippen LogP contribution in [0.4, 0.5) is 4.39 Å². The number of carbonyl (C=O) groups is 1. The molecular formula is C14H18FNO4S. The van der Waals surface area contributed by atoms with E-state index in [-0.39, 0.29) is 12.8 Å². The first-order chi connectivity index (χ1) is 9.87. The van der Waals surface area contributed by atoms with Crippen molar-refractivity contribution in [1.82, 2.24) is 4.72 Å². The summed E-state index contributed by atoms with van der Waals surface area (Å²) in [4.78, 5) is 11.1. The van der Waals surface area contributed by atoms with E-state index in [1.807, 2.05) is 0 Å². The molecule has 0 radical (unpaired) electrons. The molecule has 0 unspecified atom stereocenters. The number of rotatable bonds is 4. The van der Waals surface area contributed by atoms with E-state index in [0.29, 0.717) is 12.8 Å². The molecule has 0 heterocycles. The van der Waals surface area contributed by atoms with E-state index >= 15 is 0 Å². The Hall–Kier alpha value is -1.47. The standard InChI is InChI=1S/C14H18FNO4S/c15-11-7-3-4-8-12(11)21(19,20)16-14(13(17)18)9-5-1-2-6-10-14/h3-4,7-8,16H,1-2,5-6,9-10H2,(H,17,18). The van der Waals surface area contributed by atoms with Crippen LogP contribution in [0.5, 0.6) is 0 Å². The maximum absolute atomic E-state index is 13.7. The molecule has 1 aromatic carbocycles. The summed E-state index contributed by atoms with van der Waals surface area (Å²) in [5, 5.41) is 9.47. The topological polar surface area (TPSA) is 83.5 Å². The van der Waals surface area contributed by atoms with Crippen LogP contribution in [0, 0.1) is 5.82 Å². The summed E-state index contributed by atoms with van der Waals surface area (Å²) >= 11 is 0. The highest BCUT2D eigenvalue weighted by molar-refractivity contribution is 7.89. The lowest BCUT2D eigenvalue weighted by Crippen LogP contribution is -2.54. The Labute approximate surface area is 123 Å². The van der Waals surface area contributed by atoms with E-state index in [9.17, 15) is 22.7 Å². The number of nitrogens with one attached hydrogen (secondary N) is 1. The summed E-state index contributed by atoms with van der Waals surface area (Å²) in [6.07, 6.45) is 3.44. The zero-order valence-electron chi connectivity index (χ0n) is 11.5. The average molecular weight is 315 g/mol. The zero-order valence-corrected chi connectivity index (χ0v) is 12.3. The van der Waals surface area contributed by atoms with Crippen molar-refractivity contribution >= 4 is 16.0 Å². The van der Waals surface area contributed by atoms with Crippen molar-refractivity contribution in [3.63, 3.8) is 0 Å². The number of carboxylic acids is 1. The molecule has 21 heavy (non-hydrogen) atoms. The minimum Gasteiger partial charge on any atom is -0.480 e. The van der Waals surface area contributed by atoms with E-state index in [0.717, 1.165) is 25.0 Å². The molecule has 1 aliphatic rings. The van der Waals surface area contributed by atoms with Crippen LogP contribution in [0.15, 0.2) is 29.2 Å². The van der Waals surface area contributed by atoms with Crippen molar-refractivity contribution in [3.8, 4) is 0 Å². The highest BCUT2D eigenvalue weighted by Crippen LogP contribution is 2.29. The van der Waals surface area contributed by atoms with Gasteiger partial charge in [-0.05, 0) is 25.0 Å². The van der Waals surface area contributed by atoms with Crippen LogP contribution in [-0.4, -0.2) is 25.0 Å². The van der Waals surface area contributed by atoms with Gasteiger partial charge in [0, 0.05) is 0 Å². The van der Waals surface area contributed by atoms with Gasteiger partial charge in [0.2, 0.25) is 10.0 Å². The van der Waals surface area contributed by atoms with E-state index in [2.05, 4.69) is 4.72 Å². The predicted molar refractivity (Wildman–Crippen MR) is 74.8 cm³/mol. The Bertz CT molecular complexity index is 622. The third-order valence-corrected chi connectivity index (χ3v) is 5.39. The highest BCUT2D eigenvalue weighted by Gasteiger charge is 2.42. The third-order valence-electron chi connectivity index (χ3n) is 3.82. The molecule has 0 aromatic heterocycles. The minimum atomic E-state index is -4.22. The largest absolute Gasteiger partial charge is 0.480 e. The summed E-state index contributed by atoms with van der Waals surface area (Å²) in [5.41, 5.74) is -1.54. The van der Waals surface area contributed by atoms with Crippen LogP contribution in [0.1, 0.15) is 38.5 Å². The molecule has 116 valence electrons. The van der Waals surface area contributed by atoms with Gasteiger partial charge >= 0.3 is 5.97 Å². The summed E-state index contributed by atoms with van der Waals surface area (Å²) in [6, 6.07) is 4.95. The maximum atomic E-state index is 13.7. The molecular weight excluding hydrogens is 297 g/mol. The van der Waals surface area contributed by atoms with Crippen LogP contribution in [0.3, 0.4) is 0 Å². The zero-order chi connectivity index (χ0) is 15.5. The van der Waals surface area contributed by atoms with E-state index in [1.165, 1.54) is 12.1 Å². The van der Waals surface area contributed by atoms with Crippen molar-refractivity contribution in [2.75, 3.05) is 0 Å². The highest BCUT2D eigenvalue weighted by atomic mass is 32.2. The van der Waals surface area contributed by atoms with Gasteiger partial charge < -0.3 is 5.11 Å². The molecule has 2 rings (SSSR count). The van der Waals surface area contributed by atoms with Gasteiger partial charge in [0.25, 0.3) is 0 Å². The minimum absolute atomic E-state index is 0.218. The van der Waals surface area contributed by atoms with Gasteiger partial charge in [-0.3, -0.25) is 4.79 Å². The van der Waals surface area contributed by atoms with Crippen molar-refractivity contribution in [2.45, 2.75) is 49.0 Å². The Morgan fingerprint density at radius 3 is 2.24 bits per heavy atom. The lowest BCUT2D eigenvalue weighted by molar-refractivity contribution is -0.144. The third kappa shape index (κ3) is 3.41. The van der Waals surface area contributed by atoms with Gasteiger partial charge in [-0.2, -0.15) is 4.72 Å². The number of halogens is 1. The van der Waals surface area contributed by atoms with Gasteiger partial charge in [0.15, 0.2) is 0 Å². The Morgan fingerprint density at radius 2 is 1.71 bits per heavy atom. The number of hydrogen-bond acceptors (Lipinski definition) is 3. The molecule has 0 spiro atoms. The smallest absolute Gasteiger partial charge is 0.324 e. The molecule has 1 fully saturated rings. The molecule has 7 heteroatoms.